The van der Waals surface area contributed by atoms with Gasteiger partial charge >= 0.3 is 0 Å². The molecule has 0 fully saturated rings. The number of halogens is 1. The summed E-state index contributed by atoms with van der Waals surface area (Å²) in [4.78, 5) is 0. The lowest BCUT2D eigenvalue weighted by atomic mass is 9.93. The fraction of sp³-hybridized carbons (Fsp3) is 0.667. The molecule has 0 aromatic heterocycles. The zero-order valence-electron chi connectivity index (χ0n) is 13.3. The monoisotopic (exact) mass is 353 g/mol. The molecule has 2 nitrogen and oxygen atoms in total. The van der Waals surface area contributed by atoms with Crippen LogP contribution in [0.25, 0.3) is 0 Å². The Kier molecular flexibility index (Phi) is 7.05. The van der Waals surface area contributed by atoms with Crippen LogP contribution in [0.3, 0.4) is 0 Å². The Balaban J connectivity index is 1.93. The third-order valence-electron chi connectivity index (χ3n) is 4.22. The Morgan fingerprint density at radius 1 is 1.19 bits per heavy atom. The van der Waals surface area contributed by atoms with Gasteiger partial charge in [-0.25, -0.2) is 0 Å². The minimum Gasteiger partial charge on any atom is -0.490 e. The molecule has 21 heavy (non-hydrogen) atoms. The maximum Gasteiger partial charge on any atom is 0.124 e. The molecule has 0 saturated carbocycles. The van der Waals surface area contributed by atoms with Crippen molar-refractivity contribution in [3.63, 3.8) is 0 Å². The Morgan fingerprint density at radius 3 is 2.76 bits per heavy atom. The zero-order valence-corrected chi connectivity index (χ0v) is 14.9. The van der Waals surface area contributed by atoms with Crippen molar-refractivity contribution in [3.8, 4) is 5.75 Å². The molecule has 2 unspecified atom stereocenters. The lowest BCUT2D eigenvalue weighted by molar-refractivity contribution is 0.138. The Morgan fingerprint density at radius 2 is 2.00 bits per heavy atom. The first-order valence-corrected chi connectivity index (χ1v) is 9.23. The Bertz CT molecular complexity index is 435. The summed E-state index contributed by atoms with van der Waals surface area (Å²) in [5.74, 6) is 1.06. The Hall–Kier alpha value is -0.540. The van der Waals surface area contributed by atoms with Gasteiger partial charge in [0.1, 0.15) is 11.9 Å². The molecule has 2 atom stereocenters. The van der Waals surface area contributed by atoms with Gasteiger partial charge in [-0.15, -0.1) is 0 Å². The van der Waals surface area contributed by atoms with Crippen LogP contribution in [0.4, 0.5) is 0 Å². The molecule has 1 aromatic rings. The highest BCUT2D eigenvalue weighted by atomic mass is 79.9. The van der Waals surface area contributed by atoms with E-state index in [0.717, 1.165) is 23.2 Å². The number of rotatable bonds is 8. The topological polar surface area (TPSA) is 21.3 Å². The van der Waals surface area contributed by atoms with E-state index in [4.69, 9.17) is 4.74 Å². The van der Waals surface area contributed by atoms with Crippen molar-refractivity contribution in [1.29, 1.82) is 0 Å². The molecule has 1 heterocycles. The number of hydrogen-bond acceptors (Lipinski definition) is 2. The van der Waals surface area contributed by atoms with Crippen LogP contribution >= 0.6 is 15.9 Å². The van der Waals surface area contributed by atoms with Crippen LogP contribution in [-0.4, -0.2) is 12.6 Å². The van der Waals surface area contributed by atoms with Gasteiger partial charge in [0.15, 0.2) is 0 Å². The fourth-order valence-corrected chi connectivity index (χ4v) is 3.49. The minimum atomic E-state index is 0.365. The summed E-state index contributed by atoms with van der Waals surface area (Å²) in [6.45, 7) is 5.44. The average Bonchev–Trinajstić information content (AvgIpc) is 2.48. The summed E-state index contributed by atoms with van der Waals surface area (Å²) in [7, 11) is 0. The molecule has 0 saturated heterocycles. The molecule has 0 amide bonds. The molecule has 1 aromatic carbocycles. The lowest BCUT2D eigenvalue weighted by Gasteiger charge is -2.33. The second-order valence-electron chi connectivity index (χ2n) is 5.97. The number of hydrogen-bond donors (Lipinski definition) is 1. The largest absolute Gasteiger partial charge is 0.490 e. The van der Waals surface area contributed by atoms with Gasteiger partial charge in [0.05, 0.1) is 0 Å². The lowest BCUT2D eigenvalue weighted by Crippen LogP contribution is -2.33. The van der Waals surface area contributed by atoms with Gasteiger partial charge in [-0.3, -0.25) is 0 Å². The van der Waals surface area contributed by atoms with E-state index in [1.807, 2.05) is 0 Å². The van der Waals surface area contributed by atoms with Crippen molar-refractivity contribution in [1.82, 2.24) is 5.32 Å². The van der Waals surface area contributed by atoms with Crippen LogP contribution in [0.5, 0.6) is 5.75 Å². The quantitative estimate of drug-likeness (QED) is 0.613. The van der Waals surface area contributed by atoms with Crippen LogP contribution in [0.15, 0.2) is 22.7 Å². The number of fused-ring (bicyclic) bond motifs is 1. The molecule has 0 aliphatic carbocycles. The smallest absolute Gasteiger partial charge is 0.124 e. The highest BCUT2D eigenvalue weighted by Gasteiger charge is 2.27. The number of unbranched alkanes of at least 4 members (excludes halogenated alkanes) is 4. The zero-order chi connectivity index (χ0) is 15.1. The summed E-state index contributed by atoms with van der Waals surface area (Å²) in [5.41, 5.74) is 1.30. The average molecular weight is 354 g/mol. The van der Waals surface area contributed by atoms with Crippen molar-refractivity contribution in [2.24, 2.45) is 0 Å². The van der Waals surface area contributed by atoms with Crippen LogP contribution in [0.2, 0.25) is 0 Å². The predicted molar refractivity (Wildman–Crippen MR) is 93.0 cm³/mol. The van der Waals surface area contributed by atoms with E-state index < -0.39 is 0 Å². The van der Waals surface area contributed by atoms with Crippen molar-refractivity contribution >= 4 is 15.9 Å². The van der Waals surface area contributed by atoms with Crippen LogP contribution in [0, 0.1) is 0 Å². The van der Waals surface area contributed by atoms with Gasteiger partial charge in [0, 0.05) is 22.5 Å². The first-order valence-electron chi connectivity index (χ1n) is 8.44. The first kappa shape index (κ1) is 16.8. The third-order valence-corrected chi connectivity index (χ3v) is 4.71. The van der Waals surface area contributed by atoms with Crippen molar-refractivity contribution in [2.75, 3.05) is 6.54 Å². The van der Waals surface area contributed by atoms with Crippen molar-refractivity contribution in [2.45, 2.75) is 70.9 Å². The number of benzene rings is 1. The molecule has 1 aliphatic rings. The van der Waals surface area contributed by atoms with E-state index >= 15 is 0 Å². The molecule has 3 heteroatoms. The second kappa shape index (κ2) is 8.79. The molecule has 1 aliphatic heterocycles. The van der Waals surface area contributed by atoms with Gasteiger partial charge in [0.25, 0.3) is 0 Å². The number of ether oxygens (including phenoxy) is 1. The van der Waals surface area contributed by atoms with Gasteiger partial charge in [0.2, 0.25) is 0 Å². The standard InChI is InChI=1S/C18H28BrNO/c1-3-5-6-7-8-9-15-13-17(20-4-2)16-12-14(19)10-11-18(16)21-15/h10-12,15,17,20H,3-9,13H2,1-2H3. The second-order valence-corrected chi connectivity index (χ2v) is 6.89. The van der Waals surface area contributed by atoms with E-state index in [1.165, 1.54) is 44.1 Å². The molecule has 0 spiro atoms. The van der Waals surface area contributed by atoms with Gasteiger partial charge in [-0.05, 0) is 37.6 Å². The van der Waals surface area contributed by atoms with Gasteiger partial charge < -0.3 is 10.1 Å². The van der Waals surface area contributed by atoms with Crippen LogP contribution < -0.4 is 10.1 Å². The predicted octanol–water partition coefficient (Wildman–Crippen LogP) is 5.61. The first-order chi connectivity index (χ1) is 10.2. The minimum absolute atomic E-state index is 0.365. The van der Waals surface area contributed by atoms with Crippen LogP contribution in [-0.2, 0) is 0 Å². The maximum absolute atomic E-state index is 6.21. The fourth-order valence-electron chi connectivity index (χ4n) is 3.11. The summed E-state index contributed by atoms with van der Waals surface area (Å²) < 4.78 is 7.34. The molecule has 0 bridgehead atoms. The van der Waals surface area contributed by atoms with Gasteiger partial charge in [-0.2, -0.15) is 0 Å². The highest BCUT2D eigenvalue weighted by Crippen LogP contribution is 2.37. The van der Waals surface area contributed by atoms with E-state index in [2.05, 4.69) is 53.3 Å². The van der Waals surface area contributed by atoms with Crippen LogP contribution in [0.1, 0.15) is 70.4 Å². The normalized spacial score (nSPS) is 20.9. The molecule has 118 valence electrons. The van der Waals surface area contributed by atoms with Crippen molar-refractivity contribution in [3.05, 3.63) is 28.2 Å². The summed E-state index contributed by atoms with van der Waals surface area (Å²) in [6, 6.07) is 6.80. The summed E-state index contributed by atoms with van der Waals surface area (Å²) in [6.07, 6.45) is 9.30. The SMILES string of the molecule is CCCCCCCC1CC(NCC)c2cc(Br)ccc2O1. The third kappa shape index (κ3) is 5.00. The van der Waals surface area contributed by atoms with E-state index in [0.29, 0.717) is 12.1 Å². The molecular weight excluding hydrogens is 326 g/mol. The highest BCUT2D eigenvalue weighted by molar-refractivity contribution is 9.10. The molecule has 0 radical (unpaired) electrons. The van der Waals surface area contributed by atoms with Gasteiger partial charge in [-0.1, -0.05) is 55.5 Å². The molecule has 2 rings (SSSR count). The number of nitrogens with one attached hydrogen (secondary N) is 1. The van der Waals surface area contributed by atoms with E-state index in [9.17, 15) is 0 Å². The molecular formula is C18H28BrNO. The maximum atomic E-state index is 6.21. The van der Waals surface area contributed by atoms with E-state index in [1.54, 1.807) is 0 Å². The summed E-state index contributed by atoms with van der Waals surface area (Å²) >= 11 is 3.57. The molecule has 1 N–H and O–H groups in total. The summed E-state index contributed by atoms with van der Waals surface area (Å²) in [5, 5.41) is 3.61. The van der Waals surface area contributed by atoms with E-state index in [-0.39, 0.29) is 0 Å². The Labute approximate surface area is 137 Å². The van der Waals surface area contributed by atoms with Crippen molar-refractivity contribution < 1.29 is 4.74 Å².